The molecule has 9 heteroatoms. The van der Waals surface area contributed by atoms with Crippen LogP contribution in [0, 0.1) is 6.92 Å². The van der Waals surface area contributed by atoms with Gasteiger partial charge in [-0.3, -0.25) is 4.90 Å². The first kappa shape index (κ1) is 21.8. The molecule has 1 aliphatic heterocycles. The minimum Gasteiger partial charge on any atom is -0.493 e. The van der Waals surface area contributed by atoms with Gasteiger partial charge >= 0.3 is 6.03 Å². The number of fused-ring (bicyclic) bond motifs is 1. The lowest BCUT2D eigenvalue weighted by Crippen LogP contribution is -2.49. The van der Waals surface area contributed by atoms with Gasteiger partial charge in [-0.1, -0.05) is 6.07 Å². The zero-order valence-electron chi connectivity index (χ0n) is 18.8. The van der Waals surface area contributed by atoms with E-state index in [0.717, 1.165) is 29.8 Å². The van der Waals surface area contributed by atoms with Crippen LogP contribution in [0.2, 0.25) is 0 Å². The van der Waals surface area contributed by atoms with Gasteiger partial charge in [-0.25, -0.2) is 9.78 Å². The lowest BCUT2D eigenvalue weighted by Gasteiger charge is -2.34. The fraction of sp³-hybridized carbons (Fsp3) is 0.391. The van der Waals surface area contributed by atoms with E-state index in [-0.39, 0.29) is 6.03 Å². The molecule has 0 saturated carbocycles. The fourth-order valence-electron chi connectivity index (χ4n) is 3.80. The van der Waals surface area contributed by atoms with Crippen molar-refractivity contribution in [1.29, 1.82) is 0 Å². The summed E-state index contributed by atoms with van der Waals surface area (Å²) in [7, 11) is 4.63. The third-order valence-electron chi connectivity index (χ3n) is 5.52. The Hall–Kier alpha value is -3.46. The van der Waals surface area contributed by atoms with E-state index in [4.69, 9.17) is 18.6 Å². The molecule has 1 saturated heterocycles. The molecule has 0 spiro atoms. The molecule has 1 aromatic heterocycles. The first-order valence-corrected chi connectivity index (χ1v) is 10.4. The number of aromatic nitrogens is 1. The molecule has 2 aromatic carbocycles. The van der Waals surface area contributed by atoms with Crippen molar-refractivity contribution in [2.24, 2.45) is 0 Å². The van der Waals surface area contributed by atoms with Crippen molar-refractivity contribution in [2.45, 2.75) is 13.5 Å². The number of piperazine rings is 1. The average Bonchev–Trinajstić information content (AvgIpc) is 3.19. The van der Waals surface area contributed by atoms with Crippen molar-refractivity contribution in [1.82, 2.24) is 14.8 Å². The number of aryl methyl sites for hydroxylation is 1. The molecule has 0 atom stereocenters. The normalized spacial score (nSPS) is 14.4. The molecule has 0 bridgehead atoms. The lowest BCUT2D eigenvalue weighted by atomic mass is 10.2. The molecule has 1 N–H and O–H groups in total. The van der Waals surface area contributed by atoms with Crippen molar-refractivity contribution >= 4 is 22.8 Å². The summed E-state index contributed by atoms with van der Waals surface area (Å²) in [6.07, 6.45) is 0. The smallest absolute Gasteiger partial charge is 0.321 e. The van der Waals surface area contributed by atoms with Gasteiger partial charge < -0.3 is 28.8 Å². The highest BCUT2D eigenvalue weighted by molar-refractivity contribution is 5.90. The number of oxazole rings is 1. The topological polar surface area (TPSA) is 89.3 Å². The summed E-state index contributed by atoms with van der Waals surface area (Å²) in [6, 6.07) is 9.26. The summed E-state index contributed by atoms with van der Waals surface area (Å²) in [5.41, 5.74) is 3.40. The van der Waals surface area contributed by atoms with Crippen LogP contribution < -0.4 is 19.5 Å². The molecule has 4 rings (SSSR count). The number of rotatable bonds is 6. The molecule has 9 nitrogen and oxygen atoms in total. The van der Waals surface area contributed by atoms with Gasteiger partial charge in [0.25, 0.3) is 0 Å². The number of hydrogen-bond donors (Lipinski definition) is 1. The molecule has 0 radical (unpaired) electrons. The number of carbonyl (C=O) groups excluding carboxylic acids is 1. The summed E-state index contributed by atoms with van der Waals surface area (Å²) in [6.45, 7) is 5.34. The Bertz CT molecular complexity index is 1080. The molecule has 2 amide bonds. The highest BCUT2D eigenvalue weighted by atomic mass is 16.5. The quantitative estimate of drug-likeness (QED) is 0.627. The highest BCUT2D eigenvalue weighted by Crippen LogP contribution is 2.40. The summed E-state index contributed by atoms with van der Waals surface area (Å²) in [5.74, 6) is 2.15. The van der Waals surface area contributed by atoms with Gasteiger partial charge in [0.2, 0.25) is 11.6 Å². The molecule has 3 aromatic rings. The SMILES string of the molecule is COc1cc(NC(=O)N2CCN(Cc3nc4ccc(C)cc4o3)CC2)cc(OC)c1OC. The van der Waals surface area contributed by atoms with Crippen LogP contribution >= 0.6 is 0 Å². The van der Waals surface area contributed by atoms with Crippen LogP contribution in [0.15, 0.2) is 34.7 Å². The van der Waals surface area contributed by atoms with Gasteiger partial charge in [0, 0.05) is 38.3 Å². The maximum absolute atomic E-state index is 12.8. The van der Waals surface area contributed by atoms with Crippen LogP contribution in [0.3, 0.4) is 0 Å². The number of nitrogens with one attached hydrogen (secondary N) is 1. The fourth-order valence-corrected chi connectivity index (χ4v) is 3.80. The predicted molar refractivity (Wildman–Crippen MR) is 121 cm³/mol. The maximum Gasteiger partial charge on any atom is 0.321 e. The highest BCUT2D eigenvalue weighted by Gasteiger charge is 2.23. The van der Waals surface area contributed by atoms with Crippen LogP contribution in [0.25, 0.3) is 11.1 Å². The van der Waals surface area contributed by atoms with Crippen molar-refractivity contribution < 1.29 is 23.4 Å². The van der Waals surface area contributed by atoms with Crippen LogP contribution in [0.1, 0.15) is 11.5 Å². The summed E-state index contributed by atoms with van der Waals surface area (Å²) in [5, 5.41) is 2.92. The van der Waals surface area contributed by atoms with Gasteiger partial charge in [-0.2, -0.15) is 0 Å². The second-order valence-corrected chi connectivity index (χ2v) is 7.69. The van der Waals surface area contributed by atoms with E-state index in [2.05, 4.69) is 15.2 Å². The number of nitrogens with zero attached hydrogens (tertiary/aromatic N) is 3. The molecule has 32 heavy (non-hydrogen) atoms. The number of carbonyl (C=O) groups is 1. The third kappa shape index (κ3) is 4.57. The van der Waals surface area contributed by atoms with E-state index in [1.807, 2.05) is 25.1 Å². The van der Waals surface area contributed by atoms with Gasteiger partial charge in [0.15, 0.2) is 17.1 Å². The number of benzene rings is 2. The number of hydrogen-bond acceptors (Lipinski definition) is 7. The van der Waals surface area contributed by atoms with E-state index in [0.29, 0.717) is 48.5 Å². The first-order chi connectivity index (χ1) is 15.5. The van der Waals surface area contributed by atoms with Gasteiger partial charge in [0.05, 0.1) is 33.6 Å². The summed E-state index contributed by atoms with van der Waals surface area (Å²) in [4.78, 5) is 21.4. The van der Waals surface area contributed by atoms with E-state index < -0.39 is 0 Å². The van der Waals surface area contributed by atoms with E-state index in [9.17, 15) is 4.79 Å². The Morgan fingerprint density at radius 3 is 2.34 bits per heavy atom. The molecule has 1 fully saturated rings. The Morgan fingerprint density at radius 2 is 1.72 bits per heavy atom. The van der Waals surface area contributed by atoms with Crippen molar-refractivity contribution in [3.63, 3.8) is 0 Å². The van der Waals surface area contributed by atoms with Crippen LogP contribution in [0.4, 0.5) is 10.5 Å². The number of amides is 2. The third-order valence-corrected chi connectivity index (χ3v) is 5.52. The Kier molecular flexibility index (Phi) is 6.36. The molecule has 1 aliphatic rings. The second kappa shape index (κ2) is 9.35. The monoisotopic (exact) mass is 440 g/mol. The molecule has 0 aliphatic carbocycles. The van der Waals surface area contributed by atoms with Crippen molar-refractivity contribution in [2.75, 3.05) is 52.8 Å². The van der Waals surface area contributed by atoms with Gasteiger partial charge in [-0.15, -0.1) is 0 Å². The zero-order chi connectivity index (χ0) is 22.7. The van der Waals surface area contributed by atoms with E-state index in [1.54, 1.807) is 38.4 Å². The van der Waals surface area contributed by atoms with E-state index >= 15 is 0 Å². The minimum atomic E-state index is -0.170. The van der Waals surface area contributed by atoms with Crippen molar-refractivity contribution in [3.05, 3.63) is 41.8 Å². The number of urea groups is 1. The van der Waals surface area contributed by atoms with E-state index in [1.165, 1.54) is 0 Å². The molecule has 2 heterocycles. The van der Waals surface area contributed by atoms with Gasteiger partial charge in [0.1, 0.15) is 5.52 Å². The largest absolute Gasteiger partial charge is 0.493 e. The maximum atomic E-state index is 12.8. The number of methoxy groups -OCH3 is 3. The second-order valence-electron chi connectivity index (χ2n) is 7.69. The average molecular weight is 441 g/mol. The van der Waals surface area contributed by atoms with Gasteiger partial charge in [-0.05, 0) is 24.6 Å². The Balaban J connectivity index is 1.35. The van der Waals surface area contributed by atoms with Crippen molar-refractivity contribution in [3.8, 4) is 17.2 Å². The molecular formula is C23H28N4O5. The molecular weight excluding hydrogens is 412 g/mol. The molecule has 170 valence electrons. The van der Waals surface area contributed by atoms with Crippen LogP contribution in [0.5, 0.6) is 17.2 Å². The minimum absolute atomic E-state index is 0.170. The summed E-state index contributed by atoms with van der Waals surface area (Å²) < 4.78 is 21.9. The first-order valence-electron chi connectivity index (χ1n) is 10.4. The number of ether oxygens (including phenoxy) is 3. The van der Waals surface area contributed by atoms with Crippen LogP contribution in [-0.4, -0.2) is 68.3 Å². The lowest BCUT2D eigenvalue weighted by molar-refractivity contribution is 0.136. The zero-order valence-corrected chi connectivity index (χ0v) is 18.8. The predicted octanol–water partition coefficient (Wildman–Crippen LogP) is 3.51. The summed E-state index contributed by atoms with van der Waals surface area (Å²) >= 11 is 0. The Morgan fingerprint density at radius 1 is 1.03 bits per heavy atom. The standard InChI is InChI=1S/C23H28N4O5/c1-15-5-6-17-18(11-15)32-21(25-17)14-26-7-9-27(10-8-26)23(28)24-16-12-19(29-2)22(31-4)20(13-16)30-3/h5-6,11-13H,7-10,14H2,1-4H3,(H,24,28). The van der Waals surface area contributed by atoms with Crippen LogP contribution in [-0.2, 0) is 6.54 Å². The number of anilines is 1. The Labute approximate surface area is 186 Å². The molecule has 0 unspecified atom stereocenters.